The molecule has 1 heterocycles. The summed E-state index contributed by atoms with van der Waals surface area (Å²) in [5.41, 5.74) is 2.93. The number of anilines is 1. The number of hydrogen-bond donors (Lipinski definition) is 1. The molecule has 2 fully saturated rings. The van der Waals surface area contributed by atoms with Crippen molar-refractivity contribution in [2.24, 2.45) is 5.41 Å². The van der Waals surface area contributed by atoms with E-state index in [-0.39, 0.29) is 16.9 Å². The molecule has 1 N–H and O–H groups in total. The third-order valence-corrected chi connectivity index (χ3v) is 7.75. The van der Waals surface area contributed by atoms with Gasteiger partial charge in [-0.15, -0.1) is 0 Å². The molecule has 4 rings (SSSR count). The first-order chi connectivity index (χ1) is 14.9. The summed E-state index contributed by atoms with van der Waals surface area (Å²) < 4.78 is 14.5. The van der Waals surface area contributed by atoms with Crippen LogP contribution in [0.5, 0.6) is 0 Å². The molecule has 0 aromatic heterocycles. The van der Waals surface area contributed by atoms with Gasteiger partial charge >= 0.3 is 0 Å². The van der Waals surface area contributed by atoms with Crippen LogP contribution in [-0.4, -0.2) is 30.9 Å². The lowest BCUT2D eigenvalue weighted by Gasteiger charge is -2.27. The van der Waals surface area contributed by atoms with Crippen LogP contribution < -0.4 is 5.32 Å². The Morgan fingerprint density at radius 1 is 1.16 bits per heavy atom. The molecule has 0 spiro atoms. The number of carbonyl (C=O) groups is 1. The second kappa shape index (κ2) is 9.48. The SMILES string of the molecule is CC1(CCN2CC(c3cccc(Cl)c3)C(c3cc(F)c(Cl)cc3NC=O)C2)CCCC1. The standard InChI is InChI=1S/C25H29Cl2FN2O/c1-25(7-2-3-8-25)9-10-30-14-20(17-5-4-6-18(26)11-17)21(15-30)19-12-23(28)22(27)13-24(19)29-16-31/h4-6,11-13,16,20-21H,2-3,7-10,14-15H2,1H3,(H,29,31). The van der Waals surface area contributed by atoms with E-state index in [9.17, 15) is 9.18 Å². The van der Waals surface area contributed by atoms with Crippen LogP contribution in [0.2, 0.25) is 10.0 Å². The highest BCUT2D eigenvalue weighted by atomic mass is 35.5. The fraction of sp³-hybridized carbons (Fsp3) is 0.480. The van der Waals surface area contributed by atoms with Crippen LogP contribution in [0.25, 0.3) is 0 Å². The van der Waals surface area contributed by atoms with Crippen LogP contribution in [0.1, 0.15) is 62.0 Å². The molecule has 1 saturated heterocycles. The molecule has 3 nitrogen and oxygen atoms in total. The van der Waals surface area contributed by atoms with Crippen LogP contribution in [0.3, 0.4) is 0 Å². The third kappa shape index (κ3) is 5.08. The first-order valence-corrected chi connectivity index (χ1v) is 11.8. The average molecular weight is 463 g/mol. The largest absolute Gasteiger partial charge is 0.328 e. The highest BCUT2D eigenvalue weighted by Crippen LogP contribution is 2.45. The van der Waals surface area contributed by atoms with Crippen LogP contribution in [-0.2, 0) is 4.79 Å². The van der Waals surface area contributed by atoms with Crippen molar-refractivity contribution in [2.75, 3.05) is 25.0 Å². The molecule has 2 aromatic carbocycles. The van der Waals surface area contributed by atoms with Crippen molar-refractivity contribution in [3.63, 3.8) is 0 Å². The first kappa shape index (κ1) is 22.6. The Labute approximate surface area is 193 Å². The average Bonchev–Trinajstić information content (AvgIpc) is 3.36. The highest BCUT2D eigenvalue weighted by molar-refractivity contribution is 6.31. The summed E-state index contributed by atoms with van der Waals surface area (Å²) in [5, 5.41) is 3.43. The van der Waals surface area contributed by atoms with E-state index in [2.05, 4.69) is 23.2 Å². The van der Waals surface area contributed by atoms with Crippen LogP contribution in [0.4, 0.5) is 10.1 Å². The topological polar surface area (TPSA) is 32.3 Å². The maximum absolute atomic E-state index is 14.5. The second-order valence-electron chi connectivity index (χ2n) is 9.41. The quantitative estimate of drug-likeness (QED) is 0.456. The van der Waals surface area contributed by atoms with E-state index in [4.69, 9.17) is 23.2 Å². The Morgan fingerprint density at radius 2 is 1.90 bits per heavy atom. The number of hydrogen-bond acceptors (Lipinski definition) is 2. The molecular weight excluding hydrogens is 434 g/mol. The molecule has 2 aromatic rings. The minimum atomic E-state index is -0.463. The van der Waals surface area contributed by atoms with Gasteiger partial charge in [0.05, 0.1) is 5.02 Å². The third-order valence-electron chi connectivity index (χ3n) is 7.22. The summed E-state index contributed by atoms with van der Waals surface area (Å²) in [7, 11) is 0. The number of likely N-dealkylation sites (tertiary alicyclic amines) is 1. The van der Waals surface area contributed by atoms with Crippen LogP contribution >= 0.6 is 23.2 Å². The molecule has 6 heteroatoms. The maximum atomic E-state index is 14.5. The summed E-state index contributed by atoms with van der Waals surface area (Å²) in [6.07, 6.45) is 7.06. The van der Waals surface area contributed by atoms with Gasteiger partial charge in [0.15, 0.2) is 0 Å². The molecule has 31 heavy (non-hydrogen) atoms. The lowest BCUT2D eigenvalue weighted by Crippen LogP contribution is -2.26. The number of benzene rings is 2. The van der Waals surface area contributed by atoms with Gasteiger partial charge < -0.3 is 10.2 Å². The lowest BCUT2D eigenvalue weighted by molar-refractivity contribution is -0.105. The second-order valence-corrected chi connectivity index (χ2v) is 10.3. The normalized spacial score (nSPS) is 23.2. The zero-order chi connectivity index (χ0) is 22.0. The minimum Gasteiger partial charge on any atom is -0.328 e. The smallest absolute Gasteiger partial charge is 0.211 e. The van der Waals surface area contributed by atoms with Gasteiger partial charge in [0.1, 0.15) is 5.82 Å². The van der Waals surface area contributed by atoms with Crippen molar-refractivity contribution in [1.82, 2.24) is 4.90 Å². The van der Waals surface area contributed by atoms with E-state index in [0.29, 0.717) is 22.5 Å². The Bertz CT molecular complexity index is 945. The van der Waals surface area contributed by atoms with Crippen molar-refractivity contribution < 1.29 is 9.18 Å². The van der Waals surface area contributed by atoms with Gasteiger partial charge in [0.2, 0.25) is 6.41 Å². The first-order valence-electron chi connectivity index (χ1n) is 11.1. The molecule has 0 bridgehead atoms. The number of carbonyl (C=O) groups excluding carboxylic acids is 1. The maximum Gasteiger partial charge on any atom is 0.211 e. The Balaban J connectivity index is 1.64. The van der Waals surface area contributed by atoms with Gasteiger partial charge in [-0.05, 0) is 66.6 Å². The summed E-state index contributed by atoms with van der Waals surface area (Å²) in [5.74, 6) is -0.276. The molecule has 2 aliphatic rings. The van der Waals surface area contributed by atoms with Crippen molar-refractivity contribution in [3.05, 3.63) is 63.4 Å². The van der Waals surface area contributed by atoms with E-state index in [1.165, 1.54) is 44.2 Å². The minimum absolute atomic E-state index is 0.0106. The lowest BCUT2D eigenvalue weighted by atomic mass is 9.83. The van der Waals surface area contributed by atoms with Gasteiger partial charge in [-0.25, -0.2) is 4.39 Å². The van der Waals surface area contributed by atoms with Gasteiger partial charge in [-0.1, -0.05) is 55.1 Å². The Morgan fingerprint density at radius 3 is 2.61 bits per heavy atom. The fourth-order valence-electron chi connectivity index (χ4n) is 5.42. The zero-order valence-electron chi connectivity index (χ0n) is 17.8. The number of nitrogens with one attached hydrogen (secondary N) is 1. The molecule has 166 valence electrons. The van der Waals surface area contributed by atoms with Crippen molar-refractivity contribution >= 4 is 35.3 Å². The Kier molecular flexibility index (Phi) is 6.90. The predicted octanol–water partition coefficient (Wildman–Crippen LogP) is 6.85. The Hall–Kier alpha value is -1.62. The molecule has 0 radical (unpaired) electrons. The van der Waals surface area contributed by atoms with Crippen LogP contribution in [0, 0.1) is 11.2 Å². The van der Waals surface area contributed by atoms with E-state index < -0.39 is 5.82 Å². The molecule has 2 unspecified atom stereocenters. The number of rotatable bonds is 7. The van der Waals surface area contributed by atoms with Gasteiger partial charge in [-0.2, -0.15) is 0 Å². The molecule has 1 amide bonds. The molecule has 1 saturated carbocycles. The van der Waals surface area contributed by atoms with Gasteiger partial charge in [0, 0.05) is 35.6 Å². The predicted molar refractivity (Wildman–Crippen MR) is 126 cm³/mol. The summed E-state index contributed by atoms with van der Waals surface area (Å²) >= 11 is 12.3. The molecule has 2 atom stereocenters. The number of nitrogens with zero attached hydrogens (tertiary/aromatic N) is 1. The van der Waals surface area contributed by atoms with Gasteiger partial charge in [-0.3, -0.25) is 4.79 Å². The zero-order valence-corrected chi connectivity index (χ0v) is 19.4. The number of amides is 1. The van der Waals surface area contributed by atoms with E-state index in [1.54, 1.807) is 0 Å². The van der Waals surface area contributed by atoms with Crippen LogP contribution in [0.15, 0.2) is 36.4 Å². The highest BCUT2D eigenvalue weighted by Gasteiger charge is 2.38. The summed E-state index contributed by atoms with van der Waals surface area (Å²) in [6, 6.07) is 10.9. The van der Waals surface area contributed by atoms with Crippen molar-refractivity contribution in [2.45, 2.75) is 50.9 Å². The molecule has 1 aliphatic heterocycles. The summed E-state index contributed by atoms with van der Waals surface area (Å²) in [6.45, 7) is 5.12. The van der Waals surface area contributed by atoms with E-state index >= 15 is 0 Å². The number of halogens is 3. The molecule has 1 aliphatic carbocycles. The van der Waals surface area contributed by atoms with Crippen molar-refractivity contribution in [3.8, 4) is 0 Å². The van der Waals surface area contributed by atoms with E-state index in [0.717, 1.165) is 30.8 Å². The van der Waals surface area contributed by atoms with E-state index in [1.807, 2.05) is 18.2 Å². The van der Waals surface area contributed by atoms with Crippen molar-refractivity contribution in [1.29, 1.82) is 0 Å². The monoisotopic (exact) mass is 462 g/mol. The molecular formula is C25H29Cl2FN2O. The van der Waals surface area contributed by atoms with Gasteiger partial charge in [0.25, 0.3) is 0 Å². The fourth-order valence-corrected chi connectivity index (χ4v) is 5.78. The summed E-state index contributed by atoms with van der Waals surface area (Å²) in [4.78, 5) is 13.7.